The molecule has 20 heavy (non-hydrogen) atoms. The molecule has 1 heterocycles. The van der Waals surface area contributed by atoms with Crippen molar-refractivity contribution in [3.8, 4) is 11.3 Å². The molecular formula is C15H15ClFNO2. The Balaban J connectivity index is 0.000000956. The van der Waals surface area contributed by atoms with Crippen molar-refractivity contribution in [3.05, 3.63) is 52.9 Å². The van der Waals surface area contributed by atoms with Crippen LogP contribution in [0.4, 0.5) is 4.39 Å². The van der Waals surface area contributed by atoms with Crippen molar-refractivity contribution >= 4 is 17.6 Å². The van der Waals surface area contributed by atoms with Crippen molar-refractivity contribution in [3.63, 3.8) is 0 Å². The van der Waals surface area contributed by atoms with Gasteiger partial charge in [-0.05, 0) is 6.07 Å². The minimum atomic E-state index is -0.697. The van der Waals surface area contributed by atoms with E-state index in [1.807, 2.05) is 13.8 Å². The van der Waals surface area contributed by atoms with Crippen molar-refractivity contribution in [1.29, 1.82) is 0 Å². The van der Waals surface area contributed by atoms with E-state index in [1.165, 1.54) is 7.11 Å². The Hall–Kier alpha value is -1.94. The molecule has 0 radical (unpaired) electrons. The first-order valence-corrected chi connectivity index (χ1v) is 6.51. The predicted molar refractivity (Wildman–Crippen MR) is 77.3 cm³/mol. The molecule has 0 amide bonds. The molecule has 3 nitrogen and oxygen atoms in total. The number of carbonyl (C=O) groups is 1. The van der Waals surface area contributed by atoms with Gasteiger partial charge in [0.1, 0.15) is 5.69 Å². The van der Waals surface area contributed by atoms with Crippen molar-refractivity contribution in [2.24, 2.45) is 0 Å². The fourth-order valence-electron chi connectivity index (χ4n) is 1.50. The summed E-state index contributed by atoms with van der Waals surface area (Å²) in [5.41, 5.74) is 0.539. The number of pyridine rings is 1. The topological polar surface area (TPSA) is 39.2 Å². The third kappa shape index (κ3) is 3.54. The SMILES string of the molecule is CC.COC(=O)c1nc(-c2ccccc2)c(F)cc1Cl. The smallest absolute Gasteiger partial charge is 0.358 e. The molecule has 1 aromatic heterocycles. The van der Waals surface area contributed by atoms with Crippen LogP contribution in [0.1, 0.15) is 24.3 Å². The minimum absolute atomic E-state index is 0.0698. The Kier molecular flexibility index (Phi) is 6.12. The monoisotopic (exact) mass is 295 g/mol. The number of methoxy groups -OCH3 is 1. The maximum atomic E-state index is 13.8. The van der Waals surface area contributed by atoms with Gasteiger partial charge in [0.2, 0.25) is 0 Å². The summed E-state index contributed by atoms with van der Waals surface area (Å²) in [5.74, 6) is -1.28. The number of rotatable bonds is 2. The van der Waals surface area contributed by atoms with Crippen LogP contribution in [0.3, 0.4) is 0 Å². The van der Waals surface area contributed by atoms with Crippen LogP contribution in [-0.2, 0) is 4.74 Å². The van der Waals surface area contributed by atoms with E-state index < -0.39 is 11.8 Å². The van der Waals surface area contributed by atoms with E-state index in [0.717, 1.165) is 6.07 Å². The lowest BCUT2D eigenvalue weighted by Crippen LogP contribution is -2.07. The van der Waals surface area contributed by atoms with Crippen molar-refractivity contribution in [2.45, 2.75) is 13.8 Å². The average molecular weight is 296 g/mol. The fourth-order valence-corrected chi connectivity index (χ4v) is 1.72. The third-order valence-electron chi connectivity index (χ3n) is 2.36. The summed E-state index contributed by atoms with van der Waals surface area (Å²) in [6.07, 6.45) is 0. The Bertz CT molecular complexity index is 588. The molecule has 0 saturated carbocycles. The zero-order chi connectivity index (χ0) is 15.1. The molecule has 0 aliphatic heterocycles. The van der Waals surface area contributed by atoms with Gasteiger partial charge in [-0.15, -0.1) is 0 Å². The van der Waals surface area contributed by atoms with Crippen molar-refractivity contribution < 1.29 is 13.9 Å². The van der Waals surface area contributed by atoms with Crippen LogP contribution in [0.5, 0.6) is 0 Å². The van der Waals surface area contributed by atoms with Crippen LogP contribution in [-0.4, -0.2) is 18.1 Å². The summed E-state index contributed by atoms with van der Waals surface area (Å²) >= 11 is 5.76. The summed E-state index contributed by atoms with van der Waals surface area (Å²) in [7, 11) is 1.21. The van der Waals surface area contributed by atoms with Crippen LogP contribution >= 0.6 is 11.6 Å². The van der Waals surface area contributed by atoms with Crippen molar-refractivity contribution in [1.82, 2.24) is 4.98 Å². The molecule has 2 aromatic rings. The summed E-state index contributed by atoms with van der Waals surface area (Å²) in [4.78, 5) is 15.4. The molecule has 0 aliphatic rings. The van der Waals surface area contributed by atoms with E-state index >= 15 is 0 Å². The average Bonchev–Trinajstić information content (AvgIpc) is 2.49. The molecular weight excluding hydrogens is 281 g/mol. The number of benzene rings is 1. The second-order valence-corrected chi connectivity index (χ2v) is 3.91. The number of carbonyl (C=O) groups excluding carboxylic acids is 1. The van der Waals surface area contributed by atoms with Crippen molar-refractivity contribution in [2.75, 3.05) is 7.11 Å². The lowest BCUT2D eigenvalue weighted by molar-refractivity contribution is 0.0594. The van der Waals surface area contributed by atoms with Gasteiger partial charge in [-0.3, -0.25) is 0 Å². The first kappa shape index (κ1) is 16.1. The maximum Gasteiger partial charge on any atom is 0.358 e. The van der Waals surface area contributed by atoms with Gasteiger partial charge in [-0.25, -0.2) is 14.2 Å². The molecule has 1 aromatic carbocycles. The predicted octanol–water partition coefficient (Wildman–Crippen LogP) is 4.35. The number of aromatic nitrogens is 1. The molecule has 0 atom stereocenters. The number of hydrogen-bond acceptors (Lipinski definition) is 3. The molecule has 0 saturated heterocycles. The Morgan fingerprint density at radius 2 is 1.85 bits per heavy atom. The van der Waals surface area contributed by atoms with Gasteiger partial charge in [0.15, 0.2) is 11.5 Å². The number of hydrogen-bond donors (Lipinski definition) is 0. The highest BCUT2D eigenvalue weighted by Crippen LogP contribution is 2.25. The van der Waals surface area contributed by atoms with E-state index in [9.17, 15) is 9.18 Å². The molecule has 0 unspecified atom stereocenters. The van der Waals surface area contributed by atoms with E-state index in [2.05, 4.69) is 9.72 Å². The molecule has 0 bridgehead atoms. The summed E-state index contributed by atoms with van der Waals surface area (Å²) in [5, 5.41) is -0.0703. The van der Waals surface area contributed by atoms with E-state index in [-0.39, 0.29) is 16.4 Å². The second kappa shape index (κ2) is 7.60. The van der Waals surface area contributed by atoms with Crippen LogP contribution in [0.2, 0.25) is 5.02 Å². The van der Waals surface area contributed by atoms with Crippen LogP contribution in [0.25, 0.3) is 11.3 Å². The van der Waals surface area contributed by atoms with Crippen LogP contribution in [0, 0.1) is 5.82 Å². The first-order valence-electron chi connectivity index (χ1n) is 6.13. The Morgan fingerprint density at radius 1 is 1.25 bits per heavy atom. The highest BCUT2D eigenvalue weighted by Gasteiger charge is 2.17. The Morgan fingerprint density at radius 3 is 2.40 bits per heavy atom. The minimum Gasteiger partial charge on any atom is -0.464 e. The van der Waals surface area contributed by atoms with Gasteiger partial charge in [0.05, 0.1) is 12.1 Å². The van der Waals surface area contributed by atoms with E-state index in [4.69, 9.17) is 11.6 Å². The van der Waals surface area contributed by atoms with Gasteiger partial charge in [-0.1, -0.05) is 55.8 Å². The molecule has 0 fully saturated rings. The Labute approximate surface area is 122 Å². The van der Waals surface area contributed by atoms with E-state index in [1.54, 1.807) is 30.3 Å². The summed E-state index contributed by atoms with van der Waals surface area (Å²) in [6.45, 7) is 4.00. The number of nitrogens with zero attached hydrogens (tertiary/aromatic N) is 1. The van der Waals surface area contributed by atoms with Crippen LogP contribution in [0.15, 0.2) is 36.4 Å². The fraction of sp³-hybridized carbons (Fsp3) is 0.200. The van der Waals surface area contributed by atoms with Gasteiger partial charge >= 0.3 is 5.97 Å². The number of esters is 1. The standard InChI is InChI=1S/C13H9ClFNO2.C2H6/c1-18-13(17)12-9(14)7-10(15)11(16-12)8-5-3-2-4-6-8;1-2/h2-7H,1H3;1-2H3. The largest absolute Gasteiger partial charge is 0.464 e. The summed E-state index contributed by atoms with van der Waals surface area (Å²) in [6, 6.07) is 9.76. The zero-order valence-corrected chi connectivity index (χ0v) is 12.2. The van der Waals surface area contributed by atoms with Crippen LogP contribution < -0.4 is 0 Å². The normalized spacial score (nSPS) is 9.45. The molecule has 0 spiro atoms. The molecule has 0 aliphatic carbocycles. The molecule has 106 valence electrons. The lowest BCUT2D eigenvalue weighted by atomic mass is 10.1. The lowest BCUT2D eigenvalue weighted by Gasteiger charge is -2.06. The van der Waals surface area contributed by atoms with Gasteiger partial charge in [0, 0.05) is 5.56 Å². The molecule has 2 rings (SSSR count). The second-order valence-electron chi connectivity index (χ2n) is 3.51. The quantitative estimate of drug-likeness (QED) is 0.773. The van der Waals surface area contributed by atoms with Gasteiger partial charge < -0.3 is 4.74 Å². The zero-order valence-electron chi connectivity index (χ0n) is 11.5. The van der Waals surface area contributed by atoms with Gasteiger partial charge in [-0.2, -0.15) is 0 Å². The number of ether oxygens (including phenoxy) is 1. The first-order chi connectivity index (χ1) is 9.63. The molecule has 0 N–H and O–H groups in total. The highest BCUT2D eigenvalue weighted by molar-refractivity contribution is 6.33. The summed E-state index contributed by atoms with van der Waals surface area (Å²) < 4.78 is 18.3. The number of halogens is 2. The third-order valence-corrected chi connectivity index (χ3v) is 2.64. The van der Waals surface area contributed by atoms with Gasteiger partial charge in [0.25, 0.3) is 0 Å². The maximum absolute atomic E-state index is 13.8. The van der Waals surface area contributed by atoms with E-state index in [0.29, 0.717) is 5.56 Å². The molecule has 5 heteroatoms. The highest BCUT2D eigenvalue weighted by atomic mass is 35.5.